The van der Waals surface area contributed by atoms with Crippen molar-refractivity contribution in [1.29, 1.82) is 0 Å². The normalized spacial score (nSPS) is 14.5. The topological polar surface area (TPSA) is 96.0 Å². The first-order valence-corrected chi connectivity index (χ1v) is 17.0. The maximum absolute atomic E-state index is 14.4. The lowest BCUT2D eigenvalue weighted by atomic mass is 9.95. The number of amides is 2. The molecule has 0 unspecified atom stereocenters. The van der Waals surface area contributed by atoms with E-state index in [2.05, 4.69) is 5.32 Å². The van der Waals surface area contributed by atoms with Crippen molar-refractivity contribution in [3.8, 4) is 5.75 Å². The molecule has 3 aromatic rings. The number of halogens is 2. The highest BCUT2D eigenvalue weighted by molar-refractivity contribution is 7.92. The minimum absolute atomic E-state index is 0.00216. The summed E-state index contributed by atoms with van der Waals surface area (Å²) in [6.45, 7) is 3.09. The molecule has 1 saturated carbocycles. The van der Waals surface area contributed by atoms with Crippen molar-refractivity contribution in [2.75, 3.05) is 18.0 Å². The van der Waals surface area contributed by atoms with E-state index >= 15 is 0 Å². The van der Waals surface area contributed by atoms with Gasteiger partial charge in [-0.05, 0) is 68.1 Å². The molecule has 1 aliphatic carbocycles. The minimum atomic E-state index is -4.28. The SMILES string of the molecule is CC[C@@H](C(=O)NC1CCCCC1)N(Cc1ccccc1Cl)C(=O)CN(c1cc(Cl)ccc1OC)S(=O)(=O)c1ccc(C)cc1. The van der Waals surface area contributed by atoms with Gasteiger partial charge < -0.3 is 15.0 Å². The summed E-state index contributed by atoms with van der Waals surface area (Å²) in [5.74, 6) is -0.626. The average Bonchev–Trinajstić information content (AvgIpc) is 3.01. The second-order valence-corrected chi connectivity index (χ2v) is 13.7. The van der Waals surface area contributed by atoms with Crippen molar-refractivity contribution in [2.24, 2.45) is 0 Å². The van der Waals surface area contributed by atoms with Gasteiger partial charge in [0.2, 0.25) is 11.8 Å². The molecule has 0 aromatic heterocycles. The Balaban J connectivity index is 1.77. The van der Waals surface area contributed by atoms with E-state index < -0.39 is 28.5 Å². The third-order valence-corrected chi connectivity index (χ3v) is 10.3. The molecular formula is C33H39Cl2N3O5S. The summed E-state index contributed by atoms with van der Waals surface area (Å²) in [5, 5.41) is 3.85. The van der Waals surface area contributed by atoms with Gasteiger partial charge >= 0.3 is 0 Å². The van der Waals surface area contributed by atoms with Gasteiger partial charge in [0.1, 0.15) is 18.3 Å². The zero-order chi connectivity index (χ0) is 31.9. The highest BCUT2D eigenvalue weighted by Crippen LogP contribution is 2.35. The molecule has 2 amide bonds. The van der Waals surface area contributed by atoms with Crippen LogP contribution >= 0.6 is 23.2 Å². The first-order chi connectivity index (χ1) is 21.0. The quantitative estimate of drug-likeness (QED) is 0.232. The Labute approximate surface area is 270 Å². The van der Waals surface area contributed by atoms with E-state index in [4.69, 9.17) is 27.9 Å². The van der Waals surface area contributed by atoms with E-state index in [0.717, 1.165) is 42.0 Å². The predicted molar refractivity (Wildman–Crippen MR) is 175 cm³/mol. The summed E-state index contributed by atoms with van der Waals surface area (Å²) < 4.78 is 34.9. The van der Waals surface area contributed by atoms with Crippen LogP contribution in [0.5, 0.6) is 5.75 Å². The maximum Gasteiger partial charge on any atom is 0.264 e. The number of ether oxygens (including phenoxy) is 1. The van der Waals surface area contributed by atoms with Gasteiger partial charge in [-0.1, -0.05) is 85.3 Å². The number of carbonyl (C=O) groups is 2. The van der Waals surface area contributed by atoms with Crippen LogP contribution in [0, 0.1) is 6.92 Å². The molecule has 4 rings (SSSR count). The van der Waals surface area contributed by atoms with Crippen LogP contribution in [-0.4, -0.2) is 50.9 Å². The highest BCUT2D eigenvalue weighted by atomic mass is 35.5. The number of carbonyl (C=O) groups excluding carboxylic acids is 2. The molecule has 1 N–H and O–H groups in total. The Kier molecular flexibility index (Phi) is 11.6. The molecule has 11 heteroatoms. The number of nitrogens with zero attached hydrogens (tertiary/aromatic N) is 2. The van der Waals surface area contributed by atoms with Crippen molar-refractivity contribution < 1.29 is 22.7 Å². The fourth-order valence-electron chi connectivity index (χ4n) is 5.48. The summed E-state index contributed by atoms with van der Waals surface area (Å²) in [4.78, 5) is 29.5. The fraction of sp³-hybridized carbons (Fsp3) is 0.394. The van der Waals surface area contributed by atoms with Crippen LogP contribution in [0.15, 0.2) is 71.6 Å². The second kappa shape index (κ2) is 15.1. The number of methoxy groups -OCH3 is 1. The Morgan fingerprint density at radius 2 is 1.68 bits per heavy atom. The van der Waals surface area contributed by atoms with E-state index in [1.54, 1.807) is 48.5 Å². The molecule has 3 aromatic carbocycles. The molecule has 1 fully saturated rings. The van der Waals surface area contributed by atoms with Crippen LogP contribution in [0.3, 0.4) is 0 Å². The number of hydrogen-bond acceptors (Lipinski definition) is 5. The molecule has 1 atom stereocenters. The number of benzene rings is 3. The van der Waals surface area contributed by atoms with Crippen LogP contribution in [0.1, 0.15) is 56.6 Å². The van der Waals surface area contributed by atoms with Crippen molar-refractivity contribution in [1.82, 2.24) is 10.2 Å². The molecule has 0 radical (unpaired) electrons. The molecule has 8 nitrogen and oxygen atoms in total. The van der Waals surface area contributed by atoms with Gasteiger partial charge in [-0.2, -0.15) is 0 Å². The summed E-state index contributed by atoms with van der Waals surface area (Å²) in [6, 6.07) is 17.2. The molecule has 0 bridgehead atoms. The van der Waals surface area contributed by atoms with Gasteiger partial charge in [-0.15, -0.1) is 0 Å². The molecule has 0 spiro atoms. The zero-order valence-electron chi connectivity index (χ0n) is 25.3. The molecule has 236 valence electrons. The van der Waals surface area contributed by atoms with Gasteiger partial charge in [0.25, 0.3) is 10.0 Å². The number of nitrogens with one attached hydrogen (secondary N) is 1. The molecule has 0 aliphatic heterocycles. The predicted octanol–water partition coefficient (Wildman–Crippen LogP) is 6.76. The van der Waals surface area contributed by atoms with Gasteiger partial charge in [0.05, 0.1) is 17.7 Å². The summed E-state index contributed by atoms with van der Waals surface area (Å²) in [5.41, 5.74) is 1.62. The van der Waals surface area contributed by atoms with Gasteiger partial charge in [-0.3, -0.25) is 13.9 Å². The Morgan fingerprint density at radius 3 is 2.32 bits per heavy atom. The monoisotopic (exact) mass is 659 g/mol. The second-order valence-electron chi connectivity index (χ2n) is 11.0. The molecule has 44 heavy (non-hydrogen) atoms. The number of aryl methyl sites for hydroxylation is 1. The van der Waals surface area contributed by atoms with Gasteiger partial charge in [-0.25, -0.2) is 8.42 Å². The van der Waals surface area contributed by atoms with E-state index in [9.17, 15) is 18.0 Å². The summed E-state index contributed by atoms with van der Waals surface area (Å²) in [6.07, 6.45) is 5.31. The van der Waals surface area contributed by atoms with Crippen molar-refractivity contribution in [2.45, 2.75) is 75.9 Å². The summed E-state index contributed by atoms with van der Waals surface area (Å²) >= 11 is 12.8. The standard InChI is InChI=1S/C33H39Cl2N3O5S/c1-4-29(33(40)36-26-11-6-5-7-12-26)37(21-24-10-8-9-13-28(24)35)32(39)22-38(30-20-25(34)16-19-31(30)43-3)44(41,42)27-17-14-23(2)15-18-27/h8-10,13-20,26,29H,4-7,11-12,21-22H2,1-3H3,(H,36,40)/t29-/m0/s1. The third-order valence-electron chi connectivity index (χ3n) is 7.93. The van der Waals surface area contributed by atoms with Crippen molar-refractivity contribution in [3.63, 3.8) is 0 Å². The largest absolute Gasteiger partial charge is 0.495 e. The highest BCUT2D eigenvalue weighted by Gasteiger charge is 2.35. The van der Waals surface area contributed by atoms with Crippen LogP contribution in [-0.2, 0) is 26.2 Å². The van der Waals surface area contributed by atoms with Gasteiger partial charge in [0.15, 0.2) is 0 Å². The lowest BCUT2D eigenvalue weighted by Crippen LogP contribution is -2.54. The smallest absolute Gasteiger partial charge is 0.264 e. The minimum Gasteiger partial charge on any atom is -0.495 e. The van der Waals surface area contributed by atoms with E-state index in [0.29, 0.717) is 17.0 Å². The van der Waals surface area contributed by atoms with E-state index in [1.165, 1.54) is 30.2 Å². The van der Waals surface area contributed by atoms with Crippen LogP contribution in [0.25, 0.3) is 0 Å². The van der Waals surface area contributed by atoms with Crippen LogP contribution < -0.4 is 14.4 Å². The van der Waals surface area contributed by atoms with Crippen molar-refractivity contribution >= 4 is 50.7 Å². The lowest BCUT2D eigenvalue weighted by molar-refractivity contribution is -0.140. The fourth-order valence-corrected chi connectivity index (χ4v) is 7.26. The molecule has 0 heterocycles. The summed E-state index contributed by atoms with van der Waals surface area (Å²) in [7, 11) is -2.87. The zero-order valence-corrected chi connectivity index (χ0v) is 27.6. The van der Waals surface area contributed by atoms with E-state index in [-0.39, 0.29) is 39.8 Å². The Bertz CT molecular complexity index is 1560. The lowest BCUT2D eigenvalue weighted by Gasteiger charge is -2.35. The average molecular weight is 661 g/mol. The Hall–Kier alpha value is -3.27. The van der Waals surface area contributed by atoms with Gasteiger partial charge in [0, 0.05) is 22.6 Å². The number of rotatable bonds is 12. The maximum atomic E-state index is 14.4. The number of sulfonamides is 1. The molecular weight excluding hydrogens is 621 g/mol. The first-order valence-electron chi connectivity index (χ1n) is 14.8. The van der Waals surface area contributed by atoms with Crippen LogP contribution in [0.2, 0.25) is 10.0 Å². The number of anilines is 1. The molecule has 0 saturated heterocycles. The third kappa shape index (κ3) is 8.06. The molecule has 1 aliphatic rings. The first kappa shape index (κ1) is 33.6. The Morgan fingerprint density at radius 1 is 1.00 bits per heavy atom. The number of hydrogen-bond donors (Lipinski definition) is 1. The van der Waals surface area contributed by atoms with Crippen molar-refractivity contribution in [3.05, 3.63) is 87.9 Å². The van der Waals surface area contributed by atoms with E-state index in [1.807, 2.05) is 13.8 Å². The van der Waals surface area contributed by atoms with Crippen LogP contribution in [0.4, 0.5) is 5.69 Å².